The predicted octanol–water partition coefficient (Wildman–Crippen LogP) is 2.26. The number of aryl methyl sites for hydroxylation is 1. The predicted molar refractivity (Wildman–Crippen MR) is 112 cm³/mol. The van der Waals surface area contributed by atoms with E-state index in [-0.39, 0.29) is 53.8 Å². The van der Waals surface area contributed by atoms with Gasteiger partial charge in [-0.05, 0) is 31.0 Å². The number of amides is 1. The Bertz CT molecular complexity index is 1250. The maximum Gasteiger partial charge on any atom is 0.419 e. The first-order chi connectivity index (χ1) is 14.8. The maximum absolute atomic E-state index is 12.2. The van der Waals surface area contributed by atoms with E-state index in [1.807, 2.05) is 0 Å². The van der Waals surface area contributed by atoms with Gasteiger partial charge in [-0.2, -0.15) is 0 Å². The monoisotopic (exact) mass is 447 g/mol. The van der Waals surface area contributed by atoms with Gasteiger partial charge < -0.3 is 9.73 Å². The van der Waals surface area contributed by atoms with Crippen molar-refractivity contribution in [2.75, 3.05) is 12.3 Å². The van der Waals surface area contributed by atoms with E-state index < -0.39 is 20.5 Å². The van der Waals surface area contributed by atoms with E-state index in [0.717, 1.165) is 0 Å². The van der Waals surface area contributed by atoms with E-state index in [9.17, 15) is 28.1 Å². The number of non-ortho nitro benzene ring substituents is 1. The van der Waals surface area contributed by atoms with E-state index in [1.54, 1.807) is 18.2 Å². The highest BCUT2D eigenvalue weighted by molar-refractivity contribution is 7.91. The number of nitrogens with one attached hydrogen (secondary N) is 1. The molecule has 31 heavy (non-hydrogen) atoms. The molecule has 1 aromatic heterocycles. The molecule has 0 saturated heterocycles. The van der Waals surface area contributed by atoms with Crippen LogP contribution in [0, 0.1) is 10.1 Å². The summed E-state index contributed by atoms with van der Waals surface area (Å²) in [6.07, 6.45) is 0.769. The second-order valence-electron chi connectivity index (χ2n) is 6.87. The minimum absolute atomic E-state index is 0.0696. The summed E-state index contributed by atoms with van der Waals surface area (Å²) >= 11 is 0. The highest BCUT2D eigenvalue weighted by atomic mass is 32.2. The van der Waals surface area contributed by atoms with Gasteiger partial charge in [-0.25, -0.2) is 13.2 Å². The highest BCUT2D eigenvalue weighted by Crippen LogP contribution is 2.20. The number of aromatic nitrogens is 1. The Hall–Kier alpha value is -3.47. The summed E-state index contributed by atoms with van der Waals surface area (Å²) in [5.74, 6) is -0.976. The number of nitro benzene ring substituents is 1. The molecule has 1 N–H and O–H groups in total. The Balaban J connectivity index is 1.45. The van der Waals surface area contributed by atoms with E-state index in [4.69, 9.17) is 4.42 Å². The van der Waals surface area contributed by atoms with Crippen LogP contribution >= 0.6 is 0 Å². The molecular weight excluding hydrogens is 426 g/mol. The minimum atomic E-state index is -3.38. The van der Waals surface area contributed by atoms with Crippen LogP contribution in [0.4, 0.5) is 5.69 Å². The topological polar surface area (TPSA) is 142 Å². The number of fused-ring (bicyclic) bond motifs is 1. The summed E-state index contributed by atoms with van der Waals surface area (Å²) in [6, 6.07) is 12.0. The largest absolute Gasteiger partial charge is 0.419 e. The van der Waals surface area contributed by atoms with E-state index in [0.29, 0.717) is 11.9 Å². The summed E-state index contributed by atoms with van der Waals surface area (Å²) in [4.78, 5) is 34.5. The fraction of sp³-hybridized carbons (Fsp3) is 0.300. The van der Waals surface area contributed by atoms with Gasteiger partial charge in [0.25, 0.3) is 5.69 Å². The van der Waals surface area contributed by atoms with Crippen molar-refractivity contribution in [1.82, 2.24) is 9.88 Å². The molecule has 11 heteroatoms. The number of sulfone groups is 1. The molecule has 0 aliphatic heterocycles. The second-order valence-corrected chi connectivity index (χ2v) is 8.98. The number of nitrogens with zero attached hydrogens (tertiary/aromatic N) is 2. The van der Waals surface area contributed by atoms with Crippen LogP contribution in [-0.4, -0.2) is 36.1 Å². The molecule has 0 spiro atoms. The Morgan fingerprint density at radius 1 is 1.13 bits per heavy atom. The van der Waals surface area contributed by atoms with E-state index >= 15 is 0 Å². The summed E-state index contributed by atoms with van der Waals surface area (Å²) < 4.78 is 30.7. The number of oxazole rings is 1. The first kappa shape index (κ1) is 22.2. The van der Waals surface area contributed by atoms with Crippen molar-refractivity contribution in [1.29, 1.82) is 0 Å². The van der Waals surface area contributed by atoms with Crippen LogP contribution in [0.2, 0.25) is 0 Å². The normalized spacial score (nSPS) is 11.5. The lowest BCUT2D eigenvalue weighted by Crippen LogP contribution is -2.26. The number of carbonyl (C=O) groups is 1. The average molecular weight is 447 g/mol. The van der Waals surface area contributed by atoms with Crippen LogP contribution in [0.3, 0.4) is 0 Å². The van der Waals surface area contributed by atoms with Crippen molar-refractivity contribution in [3.8, 4) is 0 Å². The standard InChI is InChI=1S/C20H21N3O7S/c24-19(21-11-5-13-31(28,29)16-6-2-1-3-7-16)8-4-12-22-17-10-9-15(23(26)27)14-18(17)30-20(22)25/h1-3,6-7,9-10,14H,4-5,8,11-13H2,(H,21,24). The summed E-state index contributed by atoms with van der Waals surface area (Å²) in [5.41, 5.74) is 0.354. The van der Waals surface area contributed by atoms with Crippen molar-refractivity contribution >= 4 is 32.5 Å². The third-order valence-corrected chi connectivity index (χ3v) is 6.48. The average Bonchev–Trinajstić information content (AvgIpc) is 3.06. The molecule has 2 aromatic carbocycles. The Morgan fingerprint density at radius 3 is 2.58 bits per heavy atom. The molecule has 3 aromatic rings. The number of hydrogen-bond acceptors (Lipinski definition) is 7. The third-order valence-electron chi connectivity index (χ3n) is 4.66. The van der Waals surface area contributed by atoms with Crippen molar-refractivity contribution in [3.63, 3.8) is 0 Å². The van der Waals surface area contributed by atoms with Crippen molar-refractivity contribution < 1.29 is 22.6 Å². The van der Waals surface area contributed by atoms with Gasteiger partial charge in [-0.1, -0.05) is 18.2 Å². The first-order valence-electron chi connectivity index (χ1n) is 9.60. The number of nitro groups is 1. The molecule has 10 nitrogen and oxygen atoms in total. The zero-order valence-electron chi connectivity index (χ0n) is 16.5. The smallest absolute Gasteiger partial charge is 0.407 e. The van der Waals surface area contributed by atoms with Crippen LogP contribution in [0.5, 0.6) is 0 Å². The molecule has 1 amide bonds. The van der Waals surface area contributed by atoms with Gasteiger partial charge >= 0.3 is 5.76 Å². The molecule has 3 rings (SSSR count). The lowest BCUT2D eigenvalue weighted by atomic mass is 10.2. The zero-order chi connectivity index (χ0) is 22.4. The fourth-order valence-electron chi connectivity index (χ4n) is 3.10. The van der Waals surface area contributed by atoms with Crippen LogP contribution in [0.15, 0.2) is 62.6 Å². The van der Waals surface area contributed by atoms with Gasteiger partial charge in [0.15, 0.2) is 15.4 Å². The van der Waals surface area contributed by atoms with Gasteiger partial charge in [0.1, 0.15) is 0 Å². The van der Waals surface area contributed by atoms with Crippen molar-refractivity contribution in [3.05, 3.63) is 69.2 Å². The lowest BCUT2D eigenvalue weighted by Gasteiger charge is -2.07. The minimum Gasteiger partial charge on any atom is -0.407 e. The molecular formula is C20H21N3O7S. The van der Waals surface area contributed by atoms with Gasteiger partial charge in [0.05, 0.1) is 27.2 Å². The molecule has 0 bridgehead atoms. The summed E-state index contributed by atoms with van der Waals surface area (Å²) in [5, 5.41) is 13.5. The molecule has 1 heterocycles. The highest BCUT2D eigenvalue weighted by Gasteiger charge is 2.15. The SMILES string of the molecule is O=C(CCCn1c(=O)oc2cc([N+](=O)[O-])ccc21)NCCCS(=O)(=O)c1ccccc1. The van der Waals surface area contributed by atoms with Gasteiger partial charge in [-0.15, -0.1) is 0 Å². The lowest BCUT2D eigenvalue weighted by molar-refractivity contribution is -0.384. The molecule has 0 unspecified atom stereocenters. The van der Waals surface area contributed by atoms with Crippen LogP contribution < -0.4 is 11.1 Å². The Labute approximate surface area is 177 Å². The number of hydrogen-bond donors (Lipinski definition) is 1. The number of rotatable bonds is 10. The Morgan fingerprint density at radius 2 is 1.87 bits per heavy atom. The quantitative estimate of drug-likeness (QED) is 0.285. The molecule has 0 fully saturated rings. The van der Waals surface area contributed by atoms with Gasteiger partial charge in [-0.3, -0.25) is 19.5 Å². The molecule has 0 atom stereocenters. The van der Waals surface area contributed by atoms with Crippen LogP contribution in [-0.2, 0) is 21.2 Å². The molecule has 0 aliphatic rings. The van der Waals surface area contributed by atoms with Crippen LogP contribution in [0.25, 0.3) is 11.1 Å². The number of benzene rings is 2. The van der Waals surface area contributed by atoms with Gasteiger partial charge in [0.2, 0.25) is 5.91 Å². The Kier molecular flexibility index (Phi) is 6.85. The second kappa shape index (κ2) is 9.56. The van der Waals surface area contributed by atoms with Crippen molar-refractivity contribution in [2.45, 2.75) is 30.7 Å². The number of carbonyl (C=O) groups excluding carboxylic acids is 1. The molecule has 0 saturated carbocycles. The van der Waals surface area contributed by atoms with Gasteiger partial charge in [0, 0.05) is 25.6 Å². The molecule has 164 valence electrons. The summed E-state index contributed by atoms with van der Waals surface area (Å²) in [7, 11) is -3.38. The van der Waals surface area contributed by atoms with E-state index in [1.165, 1.54) is 34.9 Å². The van der Waals surface area contributed by atoms with E-state index in [2.05, 4.69) is 5.32 Å². The summed E-state index contributed by atoms with van der Waals surface area (Å²) in [6.45, 7) is 0.433. The molecule has 0 radical (unpaired) electrons. The first-order valence-corrected chi connectivity index (χ1v) is 11.3. The van der Waals surface area contributed by atoms with Crippen LogP contribution in [0.1, 0.15) is 19.3 Å². The van der Waals surface area contributed by atoms with Crippen molar-refractivity contribution in [2.24, 2.45) is 0 Å². The molecule has 0 aliphatic carbocycles. The fourth-order valence-corrected chi connectivity index (χ4v) is 4.43. The zero-order valence-corrected chi connectivity index (χ0v) is 17.3. The maximum atomic E-state index is 12.2. The third kappa shape index (κ3) is 5.57.